The van der Waals surface area contributed by atoms with E-state index in [1.807, 2.05) is 25.3 Å². The molecule has 5 nitrogen and oxygen atoms in total. The fourth-order valence-corrected chi connectivity index (χ4v) is 2.16. The van der Waals surface area contributed by atoms with Crippen LogP contribution >= 0.6 is 15.9 Å². The summed E-state index contributed by atoms with van der Waals surface area (Å²) in [5, 5.41) is 2.74. The summed E-state index contributed by atoms with van der Waals surface area (Å²) >= 11 is 3.36. The van der Waals surface area contributed by atoms with Crippen LogP contribution in [-0.4, -0.2) is 47.4 Å². The van der Waals surface area contributed by atoms with Crippen LogP contribution in [0, 0.1) is 0 Å². The number of fused-ring (bicyclic) bond motifs is 1. The predicted octanol–water partition coefficient (Wildman–Crippen LogP) is 2.80. The molecule has 0 atom stereocenters. The SMILES string of the molecule is CCCN(C)C.CCNC(=O)c1cnc2ccc(Br)cn12. The van der Waals surface area contributed by atoms with Gasteiger partial charge in [0.05, 0.1) is 6.20 Å². The fraction of sp³-hybridized carbons (Fsp3) is 0.467. The number of aromatic nitrogens is 2. The number of imidazole rings is 1. The largest absolute Gasteiger partial charge is 0.351 e. The molecule has 0 aliphatic carbocycles. The first kappa shape index (κ1) is 17.7. The van der Waals surface area contributed by atoms with Crippen LogP contribution in [0.4, 0.5) is 0 Å². The Balaban J connectivity index is 0.000000315. The monoisotopic (exact) mass is 354 g/mol. The molecule has 2 aromatic heterocycles. The molecule has 0 unspecified atom stereocenters. The van der Waals surface area contributed by atoms with Gasteiger partial charge in [0.25, 0.3) is 5.91 Å². The Morgan fingerprint density at radius 3 is 2.62 bits per heavy atom. The van der Waals surface area contributed by atoms with Gasteiger partial charge in [0.2, 0.25) is 0 Å². The normalized spacial score (nSPS) is 10.4. The number of nitrogens with one attached hydrogen (secondary N) is 1. The molecule has 21 heavy (non-hydrogen) atoms. The smallest absolute Gasteiger partial charge is 0.269 e. The van der Waals surface area contributed by atoms with E-state index in [2.05, 4.69) is 52.1 Å². The lowest BCUT2D eigenvalue weighted by atomic mass is 10.4. The number of hydrogen-bond acceptors (Lipinski definition) is 3. The molecule has 1 N–H and O–H groups in total. The lowest BCUT2D eigenvalue weighted by molar-refractivity contribution is 0.0950. The molecule has 0 saturated heterocycles. The third-order valence-electron chi connectivity index (χ3n) is 2.71. The molecule has 0 spiro atoms. The average Bonchev–Trinajstić information content (AvgIpc) is 2.82. The molecule has 0 radical (unpaired) electrons. The zero-order valence-electron chi connectivity index (χ0n) is 13.1. The summed E-state index contributed by atoms with van der Waals surface area (Å²) in [5.41, 5.74) is 1.31. The van der Waals surface area contributed by atoms with Crippen molar-refractivity contribution in [1.82, 2.24) is 19.6 Å². The number of rotatable bonds is 4. The van der Waals surface area contributed by atoms with E-state index in [9.17, 15) is 4.79 Å². The molecular formula is C15H23BrN4O. The van der Waals surface area contributed by atoms with Gasteiger partial charge >= 0.3 is 0 Å². The van der Waals surface area contributed by atoms with Crippen LogP contribution in [0.3, 0.4) is 0 Å². The summed E-state index contributed by atoms with van der Waals surface area (Å²) in [7, 11) is 4.17. The van der Waals surface area contributed by atoms with Crippen LogP contribution < -0.4 is 5.32 Å². The van der Waals surface area contributed by atoms with Crippen molar-refractivity contribution in [2.24, 2.45) is 0 Å². The first-order chi connectivity index (χ1) is 9.99. The Labute approximate surface area is 134 Å². The Kier molecular flexibility index (Phi) is 7.39. The van der Waals surface area contributed by atoms with Gasteiger partial charge in [-0.3, -0.25) is 9.20 Å². The highest BCUT2D eigenvalue weighted by Gasteiger charge is 2.10. The minimum absolute atomic E-state index is 0.108. The number of pyridine rings is 1. The molecule has 0 saturated carbocycles. The van der Waals surface area contributed by atoms with Crippen molar-refractivity contribution in [3.8, 4) is 0 Å². The topological polar surface area (TPSA) is 49.6 Å². The maximum atomic E-state index is 11.6. The van der Waals surface area contributed by atoms with Crippen molar-refractivity contribution in [1.29, 1.82) is 0 Å². The number of halogens is 1. The van der Waals surface area contributed by atoms with Gasteiger partial charge in [0.15, 0.2) is 0 Å². The van der Waals surface area contributed by atoms with Gasteiger partial charge < -0.3 is 10.2 Å². The lowest BCUT2D eigenvalue weighted by Crippen LogP contribution is -2.23. The van der Waals surface area contributed by atoms with Crippen molar-refractivity contribution < 1.29 is 4.79 Å². The van der Waals surface area contributed by atoms with Crippen LogP contribution in [0.15, 0.2) is 29.0 Å². The van der Waals surface area contributed by atoms with E-state index in [1.54, 1.807) is 10.6 Å². The summed E-state index contributed by atoms with van der Waals surface area (Å²) in [4.78, 5) is 18.0. The van der Waals surface area contributed by atoms with E-state index in [0.29, 0.717) is 12.2 Å². The van der Waals surface area contributed by atoms with E-state index < -0.39 is 0 Å². The van der Waals surface area contributed by atoms with Crippen molar-refractivity contribution in [3.63, 3.8) is 0 Å². The standard InChI is InChI=1S/C10H10BrN3O.C5H13N/c1-2-12-10(15)8-5-13-9-4-3-7(11)6-14(8)9;1-4-5-6(2)3/h3-6H,2H2,1H3,(H,12,15);4-5H2,1-3H3. The van der Waals surface area contributed by atoms with Crippen LogP contribution in [0.5, 0.6) is 0 Å². The predicted molar refractivity (Wildman–Crippen MR) is 89.7 cm³/mol. The Morgan fingerprint density at radius 2 is 2.10 bits per heavy atom. The third kappa shape index (κ3) is 5.47. The molecule has 0 fully saturated rings. The zero-order valence-corrected chi connectivity index (χ0v) is 14.6. The Hall–Kier alpha value is -1.40. The molecule has 0 aliphatic heterocycles. The number of amides is 1. The van der Waals surface area contributed by atoms with Crippen molar-refractivity contribution in [2.75, 3.05) is 27.2 Å². The van der Waals surface area contributed by atoms with E-state index in [0.717, 1.165) is 10.1 Å². The van der Waals surface area contributed by atoms with Gasteiger partial charge in [-0.05, 0) is 62.0 Å². The summed E-state index contributed by atoms with van der Waals surface area (Å²) in [6.45, 7) is 5.89. The number of nitrogens with zero attached hydrogens (tertiary/aromatic N) is 3. The highest BCUT2D eigenvalue weighted by molar-refractivity contribution is 9.10. The molecule has 0 aromatic carbocycles. The first-order valence-corrected chi connectivity index (χ1v) is 7.84. The second-order valence-corrected chi connectivity index (χ2v) is 5.80. The van der Waals surface area contributed by atoms with Gasteiger partial charge in [0.1, 0.15) is 11.3 Å². The molecule has 1 amide bonds. The molecule has 0 bridgehead atoms. The summed E-state index contributed by atoms with van der Waals surface area (Å²) in [6, 6.07) is 3.75. The van der Waals surface area contributed by atoms with Gasteiger partial charge in [0, 0.05) is 17.2 Å². The van der Waals surface area contributed by atoms with E-state index >= 15 is 0 Å². The molecule has 6 heteroatoms. The summed E-state index contributed by atoms with van der Waals surface area (Å²) in [5.74, 6) is -0.108. The van der Waals surface area contributed by atoms with E-state index in [1.165, 1.54) is 13.0 Å². The molecule has 0 aliphatic rings. The quantitative estimate of drug-likeness (QED) is 0.918. The molecule has 2 rings (SSSR count). The number of carbonyl (C=O) groups is 1. The van der Waals surface area contributed by atoms with Crippen LogP contribution in [0.2, 0.25) is 0 Å². The maximum absolute atomic E-state index is 11.6. The lowest BCUT2D eigenvalue weighted by Gasteiger charge is -2.03. The average molecular weight is 355 g/mol. The van der Waals surface area contributed by atoms with Gasteiger partial charge in [-0.15, -0.1) is 0 Å². The Morgan fingerprint density at radius 1 is 1.38 bits per heavy atom. The molecule has 2 aromatic rings. The fourth-order valence-electron chi connectivity index (χ4n) is 1.82. The van der Waals surface area contributed by atoms with Gasteiger partial charge in [-0.1, -0.05) is 6.92 Å². The molecule has 116 valence electrons. The van der Waals surface area contributed by atoms with Crippen molar-refractivity contribution >= 4 is 27.5 Å². The van der Waals surface area contributed by atoms with Crippen LogP contribution in [0.25, 0.3) is 5.65 Å². The highest BCUT2D eigenvalue weighted by atomic mass is 79.9. The van der Waals surface area contributed by atoms with E-state index in [4.69, 9.17) is 0 Å². The molecular weight excluding hydrogens is 332 g/mol. The van der Waals surface area contributed by atoms with Gasteiger partial charge in [-0.2, -0.15) is 0 Å². The third-order valence-corrected chi connectivity index (χ3v) is 3.18. The van der Waals surface area contributed by atoms with E-state index in [-0.39, 0.29) is 5.91 Å². The van der Waals surface area contributed by atoms with Crippen LogP contribution in [-0.2, 0) is 0 Å². The number of hydrogen-bond donors (Lipinski definition) is 1. The zero-order chi connectivity index (χ0) is 15.8. The van der Waals surface area contributed by atoms with Crippen molar-refractivity contribution in [3.05, 3.63) is 34.7 Å². The highest BCUT2D eigenvalue weighted by Crippen LogP contribution is 2.13. The number of carbonyl (C=O) groups excluding carboxylic acids is 1. The summed E-state index contributed by atoms with van der Waals surface area (Å²) < 4.78 is 2.67. The minimum atomic E-state index is -0.108. The Bertz CT molecular complexity index is 580. The maximum Gasteiger partial charge on any atom is 0.269 e. The second kappa shape index (κ2) is 8.79. The first-order valence-electron chi connectivity index (χ1n) is 7.05. The van der Waals surface area contributed by atoms with Crippen LogP contribution in [0.1, 0.15) is 30.8 Å². The van der Waals surface area contributed by atoms with Crippen molar-refractivity contribution in [2.45, 2.75) is 20.3 Å². The minimum Gasteiger partial charge on any atom is -0.351 e. The summed E-state index contributed by atoms with van der Waals surface area (Å²) in [6.07, 6.45) is 4.66. The second-order valence-electron chi connectivity index (χ2n) is 4.88. The molecule has 2 heterocycles. The van der Waals surface area contributed by atoms with Gasteiger partial charge in [-0.25, -0.2) is 4.98 Å².